The third-order valence-corrected chi connectivity index (χ3v) is 3.05. The van der Waals surface area contributed by atoms with E-state index < -0.39 is 15.6 Å². The van der Waals surface area contributed by atoms with Crippen LogP contribution >= 0.6 is 0 Å². The van der Waals surface area contributed by atoms with Crippen LogP contribution in [0, 0.1) is 0 Å². The Labute approximate surface area is 89.4 Å². The first-order valence-corrected chi connectivity index (χ1v) is 6.28. The van der Waals surface area contributed by atoms with Gasteiger partial charge in [0.2, 0.25) is 0 Å². The fraction of sp³-hybridized carbons (Fsp3) is 0.182. The molecule has 0 aromatic heterocycles. The lowest BCUT2D eigenvalue weighted by atomic mass is 10.2. The van der Waals surface area contributed by atoms with Gasteiger partial charge in [0.05, 0.1) is 0 Å². The van der Waals surface area contributed by atoms with Gasteiger partial charge in [0.1, 0.15) is 4.91 Å². The molecule has 3 nitrogen and oxygen atoms in total. The summed E-state index contributed by atoms with van der Waals surface area (Å²) in [4.78, 5) is 11.0. The van der Waals surface area contributed by atoms with Gasteiger partial charge in [-0.2, -0.15) is 0 Å². The number of carbonyl (C=O) groups is 1. The number of hydrogen-bond acceptors (Lipinski definition) is 3. The van der Waals surface area contributed by atoms with Crippen LogP contribution < -0.4 is 0 Å². The Morgan fingerprint density at radius 1 is 1.20 bits per heavy atom. The van der Waals surface area contributed by atoms with Crippen molar-refractivity contribution in [3.63, 3.8) is 0 Å². The van der Waals surface area contributed by atoms with Gasteiger partial charge in [0.25, 0.3) is 0 Å². The third kappa shape index (κ3) is 3.32. The number of sulfone groups is 1. The molecule has 0 unspecified atom stereocenters. The van der Waals surface area contributed by atoms with Crippen molar-refractivity contribution in [3.05, 3.63) is 40.8 Å². The molecule has 0 heterocycles. The van der Waals surface area contributed by atoms with Gasteiger partial charge in [0.15, 0.2) is 15.6 Å². The van der Waals surface area contributed by atoms with Gasteiger partial charge in [-0.1, -0.05) is 30.3 Å². The molecule has 15 heavy (non-hydrogen) atoms. The van der Waals surface area contributed by atoms with E-state index in [0.29, 0.717) is 5.56 Å². The van der Waals surface area contributed by atoms with E-state index in [9.17, 15) is 13.2 Å². The number of Topliss-reactive ketones (excluding diaryl/α,β-unsaturated/α-hetero) is 1. The third-order valence-electron chi connectivity index (χ3n) is 1.84. The van der Waals surface area contributed by atoms with E-state index in [0.717, 1.165) is 6.26 Å². The maximum atomic E-state index is 11.3. The van der Waals surface area contributed by atoms with Gasteiger partial charge in [-0.3, -0.25) is 4.79 Å². The average Bonchev–Trinajstić information content (AvgIpc) is 2.13. The van der Waals surface area contributed by atoms with E-state index in [1.54, 1.807) is 24.3 Å². The fourth-order valence-corrected chi connectivity index (χ4v) is 2.04. The van der Waals surface area contributed by atoms with Crippen LogP contribution in [0.4, 0.5) is 0 Å². The van der Waals surface area contributed by atoms with Crippen molar-refractivity contribution in [2.45, 2.75) is 6.92 Å². The molecule has 0 bridgehead atoms. The van der Waals surface area contributed by atoms with Crippen molar-refractivity contribution in [2.75, 3.05) is 6.26 Å². The largest absolute Gasteiger partial charge is 0.294 e. The standard InChI is InChI=1S/C11H12O3S/c1-9(12)11(15(2,13)14)8-10-6-4-3-5-7-10/h3-8H,1-2H3. The van der Waals surface area contributed by atoms with Crippen LogP contribution in [0.3, 0.4) is 0 Å². The highest BCUT2D eigenvalue weighted by Gasteiger charge is 2.15. The molecule has 0 fully saturated rings. The van der Waals surface area contributed by atoms with E-state index in [1.165, 1.54) is 13.0 Å². The van der Waals surface area contributed by atoms with E-state index in [1.807, 2.05) is 6.07 Å². The van der Waals surface area contributed by atoms with E-state index in [2.05, 4.69) is 0 Å². The molecule has 80 valence electrons. The molecule has 0 atom stereocenters. The Morgan fingerprint density at radius 3 is 2.13 bits per heavy atom. The lowest BCUT2D eigenvalue weighted by molar-refractivity contribution is -0.112. The minimum atomic E-state index is -3.45. The van der Waals surface area contributed by atoms with Crippen LogP contribution in [-0.4, -0.2) is 20.5 Å². The summed E-state index contributed by atoms with van der Waals surface area (Å²) in [5.41, 5.74) is 0.702. The van der Waals surface area contributed by atoms with Crippen molar-refractivity contribution in [1.82, 2.24) is 0 Å². The quantitative estimate of drug-likeness (QED) is 0.734. The average molecular weight is 224 g/mol. The van der Waals surface area contributed by atoms with Crippen LogP contribution in [-0.2, 0) is 14.6 Å². The Kier molecular flexibility index (Phi) is 3.42. The molecule has 0 radical (unpaired) electrons. The first-order chi connectivity index (χ1) is 6.91. The zero-order valence-corrected chi connectivity index (χ0v) is 9.41. The Bertz CT molecular complexity index is 484. The summed E-state index contributed by atoms with van der Waals surface area (Å²) in [5.74, 6) is -0.443. The van der Waals surface area contributed by atoms with Gasteiger partial charge in [-0.05, 0) is 18.6 Å². The monoisotopic (exact) mass is 224 g/mol. The molecular formula is C11H12O3S. The first kappa shape index (κ1) is 11.7. The highest BCUT2D eigenvalue weighted by atomic mass is 32.2. The molecule has 1 rings (SSSR count). The van der Waals surface area contributed by atoms with Crippen LogP contribution in [0.1, 0.15) is 12.5 Å². The smallest absolute Gasteiger partial charge is 0.179 e. The molecule has 4 heteroatoms. The van der Waals surface area contributed by atoms with Crippen LogP contribution in [0.5, 0.6) is 0 Å². The number of hydrogen-bond donors (Lipinski definition) is 0. The number of ketones is 1. The molecule has 0 N–H and O–H groups in total. The molecule has 0 saturated heterocycles. The van der Waals surface area contributed by atoms with Gasteiger partial charge < -0.3 is 0 Å². The van der Waals surface area contributed by atoms with Gasteiger partial charge in [-0.25, -0.2) is 8.42 Å². The SMILES string of the molecule is CC(=O)C(=Cc1ccccc1)S(C)(=O)=O. The van der Waals surface area contributed by atoms with Crippen molar-refractivity contribution in [1.29, 1.82) is 0 Å². The number of rotatable bonds is 3. The summed E-state index contributed by atoms with van der Waals surface area (Å²) in [7, 11) is -3.45. The van der Waals surface area contributed by atoms with Gasteiger partial charge >= 0.3 is 0 Å². The number of benzene rings is 1. The molecular weight excluding hydrogens is 212 g/mol. The summed E-state index contributed by atoms with van der Waals surface area (Å²) in [6.45, 7) is 1.25. The van der Waals surface area contributed by atoms with Crippen molar-refractivity contribution < 1.29 is 13.2 Å². The zero-order valence-electron chi connectivity index (χ0n) is 8.60. The highest BCUT2D eigenvalue weighted by molar-refractivity contribution is 7.95. The minimum absolute atomic E-state index is 0.159. The summed E-state index contributed by atoms with van der Waals surface area (Å²) in [6, 6.07) is 8.88. The molecule has 0 aliphatic carbocycles. The molecule has 0 amide bonds. The second-order valence-corrected chi connectivity index (χ2v) is 5.23. The minimum Gasteiger partial charge on any atom is -0.294 e. The number of allylic oxidation sites excluding steroid dienone is 1. The highest BCUT2D eigenvalue weighted by Crippen LogP contribution is 2.12. The lowest BCUT2D eigenvalue weighted by Gasteiger charge is -2.00. The van der Waals surface area contributed by atoms with E-state index in [4.69, 9.17) is 0 Å². The maximum Gasteiger partial charge on any atom is 0.179 e. The van der Waals surface area contributed by atoms with Gasteiger partial charge in [0, 0.05) is 6.26 Å². The zero-order chi connectivity index (χ0) is 11.5. The van der Waals surface area contributed by atoms with E-state index in [-0.39, 0.29) is 4.91 Å². The molecule has 0 spiro atoms. The van der Waals surface area contributed by atoms with Crippen LogP contribution in [0.15, 0.2) is 35.2 Å². The maximum absolute atomic E-state index is 11.3. The van der Waals surface area contributed by atoms with Crippen molar-refractivity contribution in [3.8, 4) is 0 Å². The molecule has 0 aliphatic rings. The van der Waals surface area contributed by atoms with E-state index >= 15 is 0 Å². The predicted molar refractivity (Wildman–Crippen MR) is 59.9 cm³/mol. The fourth-order valence-electron chi connectivity index (χ4n) is 1.17. The van der Waals surface area contributed by atoms with Gasteiger partial charge in [-0.15, -0.1) is 0 Å². The van der Waals surface area contributed by atoms with Crippen molar-refractivity contribution >= 4 is 21.7 Å². The number of carbonyl (C=O) groups excluding carboxylic acids is 1. The topological polar surface area (TPSA) is 51.2 Å². The second kappa shape index (κ2) is 4.40. The summed E-state index contributed by atoms with van der Waals surface area (Å²) in [5, 5.41) is 0. The molecule has 1 aromatic carbocycles. The lowest BCUT2D eigenvalue weighted by Crippen LogP contribution is -2.08. The molecule has 0 saturated carbocycles. The van der Waals surface area contributed by atoms with Crippen molar-refractivity contribution in [2.24, 2.45) is 0 Å². The Morgan fingerprint density at radius 2 is 1.73 bits per heavy atom. The van der Waals surface area contributed by atoms with Crippen LogP contribution in [0.25, 0.3) is 6.08 Å². The summed E-state index contributed by atoms with van der Waals surface area (Å²) < 4.78 is 22.6. The Balaban J connectivity index is 3.24. The Hall–Kier alpha value is -1.42. The summed E-state index contributed by atoms with van der Waals surface area (Å²) in [6.07, 6.45) is 2.42. The second-order valence-electron chi connectivity index (χ2n) is 3.25. The first-order valence-electron chi connectivity index (χ1n) is 4.39. The molecule has 0 aliphatic heterocycles. The summed E-state index contributed by atoms with van der Waals surface area (Å²) >= 11 is 0. The van der Waals surface area contributed by atoms with Crippen LogP contribution in [0.2, 0.25) is 0 Å². The molecule has 1 aromatic rings. The predicted octanol–water partition coefficient (Wildman–Crippen LogP) is 1.66. The normalized spacial score (nSPS) is 12.5.